The van der Waals surface area contributed by atoms with E-state index in [4.69, 9.17) is 0 Å². The molecule has 3 N–H and O–H groups in total. The molecule has 22 heavy (non-hydrogen) atoms. The topological polar surface area (TPSA) is 103 Å². The Labute approximate surface area is 126 Å². The number of hydrogen-bond donors (Lipinski definition) is 3. The molecule has 0 spiro atoms. The molecule has 2 unspecified atom stereocenters. The monoisotopic (exact) mass is 292 g/mol. The van der Waals surface area contributed by atoms with Gasteiger partial charge in [-0.05, 0) is 19.1 Å². The highest BCUT2D eigenvalue weighted by molar-refractivity contribution is 6.09. The van der Waals surface area contributed by atoms with Crippen molar-refractivity contribution in [3.63, 3.8) is 0 Å². The molecule has 108 valence electrons. The van der Waals surface area contributed by atoms with Gasteiger partial charge in [0.15, 0.2) is 5.41 Å². The van der Waals surface area contributed by atoms with Crippen LogP contribution in [-0.2, 0) is 10.2 Å². The third kappa shape index (κ3) is 1.58. The van der Waals surface area contributed by atoms with E-state index < -0.39 is 5.41 Å². The highest BCUT2D eigenvalue weighted by atomic mass is 16.2. The van der Waals surface area contributed by atoms with E-state index in [1.165, 1.54) is 0 Å². The fourth-order valence-electron chi connectivity index (χ4n) is 2.79. The van der Waals surface area contributed by atoms with E-state index in [1.54, 1.807) is 25.5 Å². The summed E-state index contributed by atoms with van der Waals surface area (Å²) in [5, 5.41) is 18.7. The number of rotatable bonds is 1. The van der Waals surface area contributed by atoms with Crippen molar-refractivity contribution in [3.05, 3.63) is 42.0 Å². The fraction of sp³-hybridized carbons (Fsp3) is 0.200. The van der Waals surface area contributed by atoms with Crippen LogP contribution in [0.1, 0.15) is 24.3 Å². The molecule has 4 rings (SSSR count). The summed E-state index contributed by atoms with van der Waals surface area (Å²) in [6, 6.07) is 5.78. The van der Waals surface area contributed by atoms with Crippen LogP contribution < -0.4 is 16.0 Å². The van der Waals surface area contributed by atoms with Crippen LogP contribution in [0.15, 0.2) is 30.7 Å². The lowest BCUT2D eigenvalue weighted by atomic mass is 9.85. The van der Waals surface area contributed by atoms with Crippen molar-refractivity contribution >= 4 is 23.0 Å². The van der Waals surface area contributed by atoms with E-state index in [9.17, 15) is 10.1 Å². The van der Waals surface area contributed by atoms with Gasteiger partial charge in [0, 0.05) is 23.6 Å². The Morgan fingerprint density at radius 1 is 1.23 bits per heavy atom. The summed E-state index contributed by atoms with van der Waals surface area (Å²) in [6.45, 7) is 1.63. The molecule has 2 aliphatic heterocycles. The zero-order chi connectivity index (χ0) is 15.3. The van der Waals surface area contributed by atoms with E-state index in [1.807, 2.05) is 12.1 Å². The molecule has 0 bridgehead atoms. The minimum atomic E-state index is -1.16. The third-order valence-electron chi connectivity index (χ3n) is 4.10. The maximum absolute atomic E-state index is 12.0. The van der Waals surface area contributed by atoms with E-state index in [0.717, 1.165) is 17.1 Å². The summed E-state index contributed by atoms with van der Waals surface area (Å²) in [5.41, 5.74) is 2.67. The average Bonchev–Trinajstić information content (AvgIpc) is 3.06. The molecule has 2 aliphatic rings. The fourth-order valence-corrected chi connectivity index (χ4v) is 2.79. The number of amides is 1. The minimum Gasteiger partial charge on any atom is -0.359 e. The van der Waals surface area contributed by atoms with Crippen molar-refractivity contribution in [3.8, 4) is 6.07 Å². The Balaban J connectivity index is 1.74. The molecule has 7 heteroatoms. The molecule has 0 aliphatic carbocycles. The number of benzene rings is 1. The number of aromatic nitrogens is 2. The van der Waals surface area contributed by atoms with Crippen LogP contribution in [0.2, 0.25) is 0 Å². The number of anilines is 3. The van der Waals surface area contributed by atoms with Crippen LogP contribution in [0, 0.1) is 11.3 Å². The molecule has 3 heterocycles. The van der Waals surface area contributed by atoms with Crippen molar-refractivity contribution in [2.75, 3.05) is 16.0 Å². The second-order valence-corrected chi connectivity index (χ2v) is 5.49. The van der Waals surface area contributed by atoms with Crippen molar-refractivity contribution < 1.29 is 4.79 Å². The van der Waals surface area contributed by atoms with Crippen LogP contribution in [-0.4, -0.2) is 15.9 Å². The summed E-state index contributed by atoms with van der Waals surface area (Å²) in [7, 11) is 0. The Morgan fingerprint density at radius 3 is 2.68 bits per heavy atom. The molecule has 2 atom stereocenters. The van der Waals surface area contributed by atoms with Crippen LogP contribution in [0.3, 0.4) is 0 Å². The zero-order valence-electron chi connectivity index (χ0n) is 11.7. The number of fused-ring (bicyclic) bond motifs is 2. The van der Waals surface area contributed by atoms with Crippen molar-refractivity contribution in [2.24, 2.45) is 0 Å². The highest BCUT2D eigenvalue weighted by Gasteiger charge is 2.44. The van der Waals surface area contributed by atoms with Gasteiger partial charge < -0.3 is 16.0 Å². The van der Waals surface area contributed by atoms with Gasteiger partial charge >= 0.3 is 0 Å². The average molecular weight is 292 g/mol. The third-order valence-corrected chi connectivity index (χ3v) is 4.10. The number of nitriles is 1. The minimum absolute atomic E-state index is 0.185. The van der Waals surface area contributed by atoms with E-state index in [2.05, 4.69) is 32.0 Å². The first-order chi connectivity index (χ1) is 10.6. The van der Waals surface area contributed by atoms with Crippen LogP contribution in [0.5, 0.6) is 0 Å². The first kappa shape index (κ1) is 12.6. The van der Waals surface area contributed by atoms with Gasteiger partial charge in [-0.1, -0.05) is 0 Å². The van der Waals surface area contributed by atoms with Gasteiger partial charge in [0.1, 0.15) is 11.9 Å². The van der Waals surface area contributed by atoms with Gasteiger partial charge in [0.05, 0.1) is 23.6 Å². The van der Waals surface area contributed by atoms with Crippen molar-refractivity contribution in [1.29, 1.82) is 5.26 Å². The number of carbonyl (C=O) groups excluding carboxylic acids is 1. The number of hydrogen-bond acceptors (Lipinski definition) is 6. The maximum Gasteiger partial charge on any atom is 0.249 e. The largest absolute Gasteiger partial charge is 0.359 e. The molecule has 1 aromatic carbocycles. The molecular formula is C15H12N6O. The first-order valence-corrected chi connectivity index (χ1v) is 6.82. The normalized spacial score (nSPS) is 24.5. The Hall–Kier alpha value is -3.14. The van der Waals surface area contributed by atoms with Crippen LogP contribution in [0.4, 0.5) is 17.1 Å². The standard InChI is InChI=1S/C15H12N6O/c1-15(7-16)8-4-10-11(5-9(8)21-14(15)22)20-13(19-10)12-6-17-2-3-18-12/h2-6,13,19-20H,1H3,(H,21,22). The Bertz CT molecular complexity index is 828. The van der Waals surface area contributed by atoms with Gasteiger partial charge in [-0.15, -0.1) is 0 Å². The quantitative estimate of drug-likeness (QED) is 0.740. The smallest absolute Gasteiger partial charge is 0.249 e. The molecule has 1 amide bonds. The number of nitrogens with zero attached hydrogens (tertiary/aromatic N) is 3. The summed E-state index contributed by atoms with van der Waals surface area (Å²) in [4.78, 5) is 20.3. The molecule has 0 saturated heterocycles. The van der Waals surface area contributed by atoms with Crippen LogP contribution in [0.25, 0.3) is 0 Å². The molecule has 7 nitrogen and oxygen atoms in total. The first-order valence-electron chi connectivity index (χ1n) is 6.82. The maximum atomic E-state index is 12.0. The molecule has 0 radical (unpaired) electrons. The summed E-state index contributed by atoms with van der Waals surface area (Å²) in [6.07, 6.45) is 4.75. The van der Waals surface area contributed by atoms with Gasteiger partial charge in [-0.25, -0.2) is 0 Å². The highest BCUT2D eigenvalue weighted by Crippen LogP contribution is 2.45. The molecule has 0 fully saturated rings. The summed E-state index contributed by atoms with van der Waals surface area (Å²) in [5.74, 6) is -0.292. The van der Waals surface area contributed by atoms with Gasteiger partial charge in [-0.3, -0.25) is 14.8 Å². The summed E-state index contributed by atoms with van der Waals surface area (Å²) >= 11 is 0. The summed E-state index contributed by atoms with van der Waals surface area (Å²) < 4.78 is 0. The lowest BCUT2D eigenvalue weighted by molar-refractivity contribution is -0.118. The molecule has 2 aromatic rings. The molecular weight excluding hydrogens is 280 g/mol. The SMILES string of the molecule is CC1(C#N)C(=O)Nc2cc3c(cc21)NC(c1cnccn1)N3. The van der Waals surface area contributed by atoms with Crippen LogP contribution >= 0.6 is 0 Å². The molecule has 0 saturated carbocycles. The number of nitrogens with one attached hydrogen (secondary N) is 3. The lowest BCUT2D eigenvalue weighted by Gasteiger charge is -2.12. The van der Waals surface area contributed by atoms with E-state index in [-0.39, 0.29) is 12.1 Å². The van der Waals surface area contributed by atoms with Crippen molar-refractivity contribution in [1.82, 2.24) is 9.97 Å². The predicted octanol–water partition coefficient (Wildman–Crippen LogP) is 1.75. The number of carbonyl (C=O) groups is 1. The van der Waals surface area contributed by atoms with E-state index in [0.29, 0.717) is 11.3 Å². The van der Waals surface area contributed by atoms with Crippen molar-refractivity contribution in [2.45, 2.75) is 18.5 Å². The van der Waals surface area contributed by atoms with E-state index >= 15 is 0 Å². The molecule has 1 aromatic heterocycles. The van der Waals surface area contributed by atoms with Gasteiger partial charge in [0.2, 0.25) is 5.91 Å². The Kier molecular flexibility index (Phi) is 2.39. The predicted molar refractivity (Wildman–Crippen MR) is 80.1 cm³/mol. The van der Waals surface area contributed by atoms with Gasteiger partial charge in [0.25, 0.3) is 0 Å². The van der Waals surface area contributed by atoms with Gasteiger partial charge in [-0.2, -0.15) is 5.26 Å². The Morgan fingerprint density at radius 2 is 2.00 bits per heavy atom. The second-order valence-electron chi connectivity index (χ2n) is 5.49. The second kappa shape index (κ2) is 4.18. The lowest BCUT2D eigenvalue weighted by Crippen LogP contribution is -2.28. The zero-order valence-corrected chi connectivity index (χ0v) is 11.7.